The molecule has 5 rings (SSSR count). The molecule has 1 unspecified atom stereocenters. The fraction of sp³-hybridized carbons (Fsp3) is 0.357. The first-order valence-corrected chi connectivity index (χ1v) is 13.3. The number of benzene rings is 3. The van der Waals surface area contributed by atoms with Crippen molar-refractivity contribution < 1.29 is 8.42 Å². The maximum atomic E-state index is 14.3. The van der Waals surface area contributed by atoms with Crippen LogP contribution in [0.2, 0.25) is 0 Å². The van der Waals surface area contributed by atoms with Crippen molar-refractivity contribution in [3.8, 4) is 0 Å². The third-order valence-corrected chi connectivity index (χ3v) is 9.97. The fourth-order valence-corrected chi connectivity index (χ4v) is 8.44. The highest BCUT2D eigenvalue weighted by atomic mass is 32.2. The summed E-state index contributed by atoms with van der Waals surface area (Å²) >= 11 is 0. The van der Waals surface area contributed by atoms with Crippen molar-refractivity contribution in [2.75, 3.05) is 19.6 Å². The van der Waals surface area contributed by atoms with Crippen molar-refractivity contribution in [1.29, 1.82) is 0 Å². The molecule has 0 radical (unpaired) electrons. The van der Waals surface area contributed by atoms with Crippen LogP contribution in [0.25, 0.3) is 0 Å². The molecular formula is C28H31NO2S. The first kappa shape index (κ1) is 21.4. The Morgan fingerprint density at radius 2 is 1.31 bits per heavy atom. The van der Waals surface area contributed by atoms with Gasteiger partial charge in [-0.25, -0.2) is 8.42 Å². The molecular weight excluding hydrogens is 414 g/mol. The van der Waals surface area contributed by atoms with Gasteiger partial charge in [0, 0.05) is 5.92 Å². The lowest BCUT2D eigenvalue weighted by atomic mass is 10.0. The van der Waals surface area contributed by atoms with Gasteiger partial charge in [0.2, 0.25) is 0 Å². The highest BCUT2D eigenvalue weighted by Crippen LogP contribution is 2.71. The second kappa shape index (κ2) is 8.84. The largest absolute Gasteiger partial charge is 0.303 e. The Morgan fingerprint density at radius 3 is 1.94 bits per heavy atom. The van der Waals surface area contributed by atoms with Crippen LogP contribution in [0.5, 0.6) is 0 Å². The Kier molecular flexibility index (Phi) is 5.92. The van der Waals surface area contributed by atoms with Gasteiger partial charge < -0.3 is 4.90 Å². The molecule has 0 amide bonds. The zero-order valence-corrected chi connectivity index (χ0v) is 19.3. The summed E-state index contributed by atoms with van der Waals surface area (Å²) in [4.78, 5) is 2.94. The molecule has 1 saturated carbocycles. The predicted octanol–water partition coefficient (Wildman–Crippen LogP) is 5.65. The molecule has 1 aliphatic heterocycles. The lowest BCUT2D eigenvalue weighted by molar-refractivity contribution is 0.221. The highest BCUT2D eigenvalue weighted by molar-refractivity contribution is 7.92. The van der Waals surface area contributed by atoms with Gasteiger partial charge >= 0.3 is 0 Å². The van der Waals surface area contributed by atoms with Crippen LogP contribution in [0, 0.1) is 5.92 Å². The molecule has 0 aromatic heterocycles. The molecule has 3 atom stereocenters. The van der Waals surface area contributed by atoms with E-state index in [9.17, 15) is 8.42 Å². The molecule has 4 heteroatoms. The van der Waals surface area contributed by atoms with Crippen LogP contribution in [0.4, 0.5) is 0 Å². The number of sulfone groups is 1. The first-order chi connectivity index (χ1) is 15.7. The topological polar surface area (TPSA) is 37.4 Å². The van der Waals surface area contributed by atoms with Gasteiger partial charge in [0.1, 0.15) is 4.75 Å². The van der Waals surface area contributed by atoms with E-state index in [0.29, 0.717) is 4.90 Å². The van der Waals surface area contributed by atoms with Crippen molar-refractivity contribution in [3.05, 3.63) is 102 Å². The van der Waals surface area contributed by atoms with Crippen molar-refractivity contribution in [1.82, 2.24) is 4.90 Å². The zero-order chi connectivity index (χ0) is 22.0. The molecule has 166 valence electrons. The number of piperidine rings is 1. The minimum absolute atomic E-state index is 0.0407. The average molecular weight is 446 g/mol. The molecule has 3 aromatic rings. The first-order valence-electron chi connectivity index (χ1n) is 11.8. The van der Waals surface area contributed by atoms with Crippen molar-refractivity contribution in [3.63, 3.8) is 0 Å². The van der Waals surface area contributed by atoms with Crippen molar-refractivity contribution >= 4 is 9.84 Å². The number of hydrogen-bond donors (Lipinski definition) is 0. The van der Waals surface area contributed by atoms with E-state index in [0.717, 1.165) is 37.2 Å². The van der Waals surface area contributed by atoms with E-state index < -0.39 is 14.6 Å². The Hall–Kier alpha value is -2.43. The minimum atomic E-state index is -3.60. The summed E-state index contributed by atoms with van der Waals surface area (Å²) in [6.07, 6.45) is 4.70. The van der Waals surface area contributed by atoms with E-state index in [2.05, 4.69) is 17.0 Å². The normalized spacial score (nSPS) is 26.0. The number of likely N-dealkylation sites (tertiary alicyclic amines) is 1. The Morgan fingerprint density at radius 1 is 0.750 bits per heavy atom. The van der Waals surface area contributed by atoms with Gasteiger partial charge in [0.25, 0.3) is 0 Å². The molecule has 32 heavy (non-hydrogen) atoms. The van der Waals surface area contributed by atoms with Crippen molar-refractivity contribution in [2.24, 2.45) is 5.92 Å². The summed E-state index contributed by atoms with van der Waals surface area (Å²) in [5, 5.41) is 0. The Balaban J connectivity index is 1.61. The highest BCUT2D eigenvalue weighted by Gasteiger charge is 2.73. The van der Waals surface area contributed by atoms with E-state index in [1.165, 1.54) is 19.3 Å². The molecule has 1 saturated heterocycles. The van der Waals surface area contributed by atoms with Gasteiger partial charge in [-0.3, -0.25) is 0 Å². The SMILES string of the molecule is O=S(=O)(c1ccccc1)[C@@]1(c2ccccc2)C(CCN2CCCCC2)[C@@H]1c1ccccc1. The summed E-state index contributed by atoms with van der Waals surface area (Å²) < 4.78 is 27.8. The zero-order valence-electron chi connectivity index (χ0n) is 18.4. The molecule has 1 aliphatic carbocycles. The monoisotopic (exact) mass is 445 g/mol. The quantitative estimate of drug-likeness (QED) is 0.472. The third-order valence-electron chi connectivity index (χ3n) is 7.39. The second-order valence-electron chi connectivity index (χ2n) is 9.16. The number of rotatable bonds is 7. The van der Waals surface area contributed by atoms with Crippen LogP contribution in [-0.4, -0.2) is 33.0 Å². The van der Waals surface area contributed by atoms with Gasteiger partial charge in [-0.15, -0.1) is 0 Å². The molecule has 0 spiro atoms. The maximum Gasteiger partial charge on any atom is 0.189 e. The summed E-state index contributed by atoms with van der Waals surface area (Å²) in [5.41, 5.74) is 2.04. The van der Waals surface area contributed by atoms with Crippen LogP contribution in [-0.2, 0) is 14.6 Å². The van der Waals surface area contributed by atoms with Gasteiger partial charge in [0.05, 0.1) is 4.90 Å². The van der Waals surface area contributed by atoms with Crippen LogP contribution in [0.1, 0.15) is 42.7 Å². The molecule has 2 fully saturated rings. The van der Waals surface area contributed by atoms with Gasteiger partial charge in [-0.2, -0.15) is 0 Å². The Labute approximate surface area is 192 Å². The number of nitrogens with zero attached hydrogens (tertiary/aromatic N) is 1. The van der Waals surface area contributed by atoms with E-state index in [-0.39, 0.29) is 11.8 Å². The maximum absolute atomic E-state index is 14.3. The van der Waals surface area contributed by atoms with Gasteiger partial charge in [-0.1, -0.05) is 85.3 Å². The van der Waals surface area contributed by atoms with E-state index in [4.69, 9.17) is 0 Å². The predicted molar refractivity (Wildman–Crippen MR) is 129 cm³/mol. The van der Waals surface area contributed by atoms with E-state index >= 15 is 0 Å². The third kappa shape index (κ3) is 3.60. The van der Waals surface area contributed by atoms with Gasteiger partial charge in [0.15, 0.2) is 9.84 Å². The minimum Gasteiger partial charge on any atom is -0.303 e. The lowest BCUT2D eigenvalue weighted by Crippen LogP contribution is -2.32. The molecule has 3 nitrogen and oxygen atoms in total. The van der Waals surface area contributed by atoms with Gasteiger partial charge in [-0.05, 0) is 68.1 Å². The van der Waals surface area contributed by atoms with Crippen LogP contribution in [0.15, 0.2) is 95.9 Å². The Bertz CT molecular complexity index is 1130. The lowest BCUT2D eigenvalue weighted by Gasteiger charge is -2.27. The molecule has 1 heterocycles. The van der Waals surface area contributed by atoms with Crippen LogP contribution < -0.4 is 0 Å². The average Bonchev–Trinajstić information content (AvgIpc) is 3.55. The van der Waals surface area contributed by atoms with Crippen molar-refractivity contribution in [2.45, 2.75) is 41.2 Å². The number of hydrogen-bond acceptors (Lipinski definition) is 3. The molecule has 0 bridgehead atoms. The summed E-state index contributed by atoms with van der Waals surface area (Å²) in [7, 11) is -3.60. The van der Waals surface area contributed by atoms with E-state index in [1.807, 2.05) is 66.7 Å². The van der Waals surface area contributed by atoms with Crippen LogP contribution in [0.3, 0.4) is 0 Å². The van der Waals surface area contributed by atoms with E-state index in [1.54, 1.807) is 12.1 Å². The van der Waals surface area contributed by atoms with Crippen LogP contribution >= 0.6 is 0 Å². The fourth-order valence-electron chi connectivity index (χ4n) is 5.87. The molecule has 0 N–H and O–H groups in total. The molecule has 2 aliphatic rings. The smallest absolute Gasteiger partial charge is 0.189 e. The summed E-state index contributed by atoms with van der Waals surface area (Å²) in [6.45, 7) is 3.23. The standard InChI is InChI=1S/C28H31NO2S/c30-32(31,25-17-9-3-10-18-25)28(24-15-7-2-8-16-24)26(19-22-29-20-11-4-12-21-29)27(28)23-13-5-1-6-14-23/h1-3,5-10,13-18,26-27H,4,11-12,19-22H2/t26?,27-,28-/m0/s1. The summed E-state index contributed by atoms with van der Waals surface area (Å²) in [6, 6.07) is 29.2. The summed E-state index contributed by atoms with van der Waals surface area (Å²) in [5.74, 6) is 0.0144. The molecule has 3 aromatic carbocycles. The second-order valence-corrected chi connectivity index (χ2v) is 11.3.